The quantitative estimate of drug-likeness (QED) is 0.843. The minimum Gasteiger partial charge on any atom is -0.365 e. The van der Waals surface area contributed by atoms with Gasteiger partial charge in [0.25, 0.3) is 5.91 Å². The number of nitrogens with one attached hydrogen (secondary N) is 1. The van der Waals surface area contributed by atoms with Crippen LogP contribution in [0.15, 0.2) is 18.2 Å². The van der Waals surface area contributed by atoms with Crippen LogP contribution >= 0.6 is 22.9 Å². The summed E-state index contributed by atoms with van der Waals surface area (Å²) in [5, 5.41) is 3.37. The Labute approximate surface area is 154 Å². The van der Waals surface area contributed by atoms with E-state index in [1.165, 1.54) is 29.5 Å². The highest BCUT2D eigenvalue weighted by Gasteiger charge is 2.27. The third-order valence-electron chi connectivity index (χ3n) is 4.41. The van der Waals surface area contributed by atoms with Gasteiger partial charge < -0.3 is 11.1 Å². The molecule has 3 rings (SSSR count). The third-order valence-corrected chi connectivity index (χ3v) is 5.93. The molecule has 1 aliphatic carbocycles. The van der Waals surface area contributed by atoms with E-state index in [0.29, 0.717) is 16.5 Å². The van der Waals surface area contributed by atoms with Crippen LogP contribution in [0.2, 0.25) is 5.02 Å². The maximum Gasteiger partial charge on any atom is 0.251 e. The van der Waals surface area contributed by atoms with Gasteiger partial charge in [0.2, 0.25) is 5.91 Å². The molecule has 0 aliphatic heterocycles. The highest BCUT2D eigenvalue weighted by molar-refractivity contribution is 7.17. The van der Waals surface area contributed by atoms with Gasteiger partial charge in [0.1, 0.15) is 10.8 Å². The van der Waals surface area contributed by atoms with Crippen molar-refractivity contribution in [1.82, 2.24) is 0 Å². The monoisotopic (exact) mass is 380 g/mol. The van der Waals surface area contributed by atoms with Crippen molar-refractivity contribution in [3.05, 3.63) is 50.6 Å². The van der Waals surface area contributed by atoms with E-state index in [4.69, 9.17) is 17.3 Å². The second-order valence-electron chi connectivity index (χ2n) is 6.35. The number of anilines is 1. The Bertz CT molecular complexity index is 830. The normalized spacial score (nSPS) is 16.4. The molecule has 0 radical (unpaired) electrons. The lowest BCUT2D eigenvalue weighted by Gasteiger charge is -2.18. The maximum atomic E-state index is 13.8. The summed E-state index contributed by atoms with van der Waals surface area (Å²) in [5.41, 5.74) is 6.99. The van der Waals surface area contributed by atoms with Gasteiger partial charge in [-0.2, -0.15) is 0 Å². The van der Waals surface area contributed by atoms with E-state index < -0.39 is 17.6 Å². The number of halogens is 2. The number of primary amides is 1. The molecule has 132 valence electrons. The molecule has 4 nitrogen and oxygen atoms in total. The number of fused-ring (bicyclic) bond motifs is 1. The lowest BCUT2D eigenvalue weighted by Crippen LogP contribution is -2.20. The first-order valence-corrected chi connectivity index (χ1v) is 9.23. The predicted octanol–water partition coefficient (Wildman–Crippen LogP) is 3.95. The van der Waals surface area contributed by atoms with Crippen molar-refractivity contribution in [3.63, 3.8) is 0 Å². The van der Waals surface area contributed by atoms with E-state index in [9.17, 15) is 14.0 Å². The van der Waals surface area contributed by atoms with Gasteiger partial charge in [0.15, 0.2) is 0 Å². The molecule has 1 heterocycles. The van der Waals surface area contributed by atoms with E-state index in [0.717, 1.165) is 29.7 Å². The van der Waals surface area contributed by atoms with E-state index >= 15 is 0 Å². The Morgan fingerprint density at radius 1 is 1.44 bits per heavy atom. The molecule has 1 aliphatic rings. The van der Waals surface area contributed by atoms with Crippen LogP contribution in [-0.2, 0) is 24.1 Å². The molecule has 0 fully saturated rings. The van der Waals surface area contributed by atoms with Crippen LogP contribution in [0.5, 0.6) is 0 Å². The second-order valence-corrected chi connectivity index (χ2v) is 7.86. The van der Waals surface area contributed by atoms with E-state index in [1.54, 1.807) is 0 Å². The number of carbonyl (C=O) groups excluding carboxylic acids is 2. The van der Waals surface area contributed by atoms with Crippen molar-refractivity contribution in [2.24, 2.45) is 11.7 Å². The third kappa shape index (κ3) is 3.70. The van der Waals surface area contributed by atoms with E-state index in [1.807, 2.05) is 0 Å². The van der Waals surface area contributed by atoms with E-state index in [2.05, 4.69) is 12.2 Å². The minimum atomic E-state index is -0.550. The summed E-state index contributed by atoms with van der Waals surface area (Å²) in [5.74, 6) is -0.975. The molecule has 3 N–H and O–H groups in total. The highest BCUT2D eigenvalue weighted by atomic mass is 35.5. The van der Waals surface area contributed by atoms with E-state index in [-0.39, 0.29) is 17.0 Å². The van der Waals surface area contributed by atoms with Crippen LogP contribution < -0.4 is 11.1 Å². The van der Waals surface area contributed by atoms with Crippen molar-refractivity contribution in [1.29, 1.82) is 0 Å². The summed E-state index contributed by atoms with van der Waals surface area (Å²) >= 11 is 7.35. The fourth-order valence-electron chi connectivity index (χ4n) is 3.13. The Balaban J connectivity index is 1.85. The SMILES string of the molecule is C[C@@H]1CCc2c(sc(NC(=O)Cc3c(F)cccc3Cl)c2C(N)=O)C1. The maximum absolute atomic E-state index is 13.8. The highest BCUT2D eigenvalue weighted by Crippen LogP contribution is 2.39. The molecule has 2 amide bonds. The van der Waals surface area contributed by atoms with Crippen LogP contribution in [-0.4, -0.2) is 11.8 Å². The Morgan fingerprint density at radius 3 is 2.88 bits per heavy atom. The minimum absolute atomic E-state index is 0.136. The van der Waals surface area contributed by atoms with Gasteiger partial charge in [-0.05, 0) is 42.9 Å². The summed E-state index contributed by atoms with van der Waals surface area (Å²) in [4.78, 5) is 25.3. The van der Waals surface area contributed by atoms with Gasteiger partial charge in [-0.25, -0.2) is 4.39 Å². The molecule has 2 aromatic rings. The molecule has 0 bridgehead atoms. The number of amides is 2. The summed E-state index contributed by atoms with van der Waals surface area (Å²) in [7, 11) is 0. The Kier molecular flexibility index (Phi) is 5.11. The molecule has 0 saturated carbocycles. The molecule has 1 atom stereocenters. The smallest absolute Gasteiger partial charge is 0.251 e. The van der Waals surface area contributed by atoms with Gasteiger partial charge in [0.05, 0.1) is 12.0 Å². The molecule has 7 heteroatoms. The van der Waals surface area contributed by atoms with Gasteiger partial charge in [-0.1, -0.05) is 24.6 Å². The first-order valence-electron chi connectivity index (χ1n) is 8.04. The fourth-order valence-corrected chi connectivity index (χ4v) is 4.79. The molecular weight excluding hydrogens is 363 g/mol. The van der Waals surface area contributed by atoms with Crippen molar-refractivity contribution >= 4 is 39.8 Å². The molecule has 25 heavy (non-hydrogen) atoms. The van der Waals surface area contributed by atoms with Gasteiger partial charge in [0, 0.05) is 15.5 Å². The largest absolute Gasteiger partial charge is 0.365 e. The fraction of sp³-hybridized carbons (Fsp3) is 0.333. The van der Waals surface area contributed by atoms with Crippen molar-refractivity contribution in [3.8, 4) is 0 Å². The average Bonchev–Trinajstić information content (AvgIpc) is 2.88. The zero-order valence-electron chi connectivity index (χ0n) is 13.7. The molecular formula is C18H18ClFN2O2S. The first kappa shape index (κ1) is 17.9. The molecule has 0 spiro atoms. The number of hydrogen-bond donors (Lipinski definition) is 2. The predicted molar refractivity (Wildman–Crippen MR) is 97.8 cm³/mol. The molecule has 1 aromatic carbocycles. The summed E-state index contributed by atoms with van der Waals surface area (Å²) in [6, 6.07) is 4.28. The number of nitrogens with two attached hydrogens (primary N) is 1. The van der Waals surface area contributed by atoms with Crippen molar-refractivity contribution in [2.45, 2.75) is 32.6 Å². The topological polar surface area (TPSA) is 72.2 Å². The summed E-state index contributed by atoms with van der Waals surface area (Å²) in [6.45, 7) is 2.16. The van der Waals surface area contributed by atoms with Crippen LogP contribution in [0, 0.1) is 11.7 Å². The number of benzene rings is 1. The van der Waals surface area contributed by atoms with Crippen molar-refractivity contribution in [2.75, 3.05) is 5.32 Å². The van der Waals surface area contributed by atoms with Crippen LogP contribution in [0.4, 0.5) is 9.39 Å². The van der Waals surface area contributed by atoms with Gasteiger partial charge in [-0.15, -0.1) is 11.3 Å². The number of thiophene rings is 1. The Morgan fingerprint density at radius 2 is 2.20 bits per heavy atom. The van der Waals surface area contributed by atoms with Gasteiger partial charge in [-0.3, -0.25) is 9.59 Å². The Hall–Kier alpha value is -1.92. The average molecular weight is 381 g/mol. The lowest BCUT2D eigenvalue weighted by molar-refractivity contribution is -0.115. The standard InChI is InChI=1S/C18H18ClFN2O2S/c1-9-5-6-10-14(7-9)25-18(16(10)17(21)24)22-15(23)8-11-12(19)3-2-4-13(11)20/h2-4,9H,5-8H2,1H3,(H2,21,24)(H,22,23)/t9-/m1/s1. The molecule has 1 aromatic heterocycles. The second kappa shape index (κ2) is 7.14. The first-order chi connectivity index (χ1) is 11.9. The van der Waals surface area contributed by atoms with Crippen molar-refractivity contribution < 1.29 is 14.0 Å². The zero-order chi connectivity index (χ0) is 18.1. The van der Waals surface area contributed by atoms with Gasteiger partial charge >= 0.3 is 0 Å². The van der Waals surface area contributed by atoms with Crippen LogP contribution in [0.3, 0.4) is 0 Å². The van der Waals surface area contributed by atoms with Crippen LogP contribution in [0.1, 0.15) is 39.7 Å². The number of hydrogen-bond acceptors (Lipinski definition) is 3. The molecule has 0 saturated heterocycles. The number of carbonyl (C=O) groups is 2. The lowest BCUT2D eigenvalue weighted by atomic mass is 9.88. The van der Waals surface area contributed by atoms with Crippen LogP contribution in [0.25, 0.3) is 0 Å². The zero-order valence-corrected chi connectivity index (χ0v) is 15.3. The summed E-state index contributed by atoms with van der Waals surface area (Å²) < 4.78 is 13.8. The number of rotatable bonds is 4. The summed E-state index contributed by atoms with van der Waals surface area (Å²) in [6.07, 6.45) is 2.43. The molecule has 0 unspecified atom stereocenters.